The Morgan fingerprint density at radius 2 is 2.22 bits per heavy atom. The molecular formula is C12H14ClNO4. The van der Waals surface area contributed by atoms with E-state index in [0.717, 1.165) is 0 Å². The van der Waals surface area contributed by atoms with E-state index in [1.165, 1.54) is 7.11 Å². The number of nitrogens with two attached hydrogens (primary N) is 1. The maximum atomic E-state index is 11.9. The van der Waals surface area contributed by atoms with Gasteiger partial charge in [-0.15, -0.1) is 0 Å². The molecule has 0 spiro atoms. The molecule has 0 radical (unpaired) electrons. The summed E-state index contributed by atoms with van der Waals surface area (Å²) in [5.74, 6) is 1.06. The Balaban J connectivity index is 2.52. The minimum atomic E-state index is -0.131. The number of carbonyl (C=O) groups excluding carboxylic acids is 1. The van der Waals surface area contributed by atoms with E-state index in [1.54, 1.807) is 6.07 Å². The number of rotatable bonds is 4. The summed E-state index contributed by atoms with van der Waals surface area (Å²) in [5, 5.41) is 0.259. The molecule has 0 atom stereocenters. The zero-order valence-corrected chi connectivity index (χ0v) is 10.8. The van der Waals surface area contributed by atoms with Crippen molar-refractivity contribution in [2.45, 2.75) is 6.42 Å². The van der Waals surface area contributed by atoms with Gasteiger partial charge in [0.15, 0.2) is 23.0 Å². The fourth-order valence-electron chi connectivity index (χ4n) is 1.80. The lowest BCUT2D eigenvalue weighted by Crippen LogP contribution is -2.17. The van der Waals surface area contributed by atoms with Crippen molar-refractivity contribution in [1.29, 1.82) is 0 Å². The fraction of sp³-hybridized carbons (Fsp3) is 0.417. The van der Waals surface area contributed by atoms with E-state index in [4.69, 9.17) is 31.5 Å². The van der Waals surface area contributed by atoms with Gasteiger partial charge in [0.2, 0.25) is 0 Å². The number of methoxy groups -OCH3 is 1. The zero-order chi connectivity index (χ0) is 13.1. The van der Waals surface area contributed by atoms with Crippen LogP contribution in [0.5, 0.6) is 17.2 Å². The minimum Gasteiger partial charge on any atom is -0.494 e. The SMILES string of the molecule is COc1c(C(=O)CCN)cc2c(c1Cl)OCCO2. The summed E-state index contributed by atoms with van der Waals surface area (Å²) in [4.78, 5) is 11.9. The smallest absolute Gasteiger partial charge is 0.183 e. The van der Waals surface area contributed by atoms with Crippen molar-refractivity contribution in [3.8, 4) is 17.2 Å². The van der Waals surface area contributed by atoms with Crippen LogP contribution in [0.25, 0.3) is 0 Å². The summed E-state index contributed by atoms with van der Waals surface area (Å²) in [5.41, 5.74) is 5.76. The van der Waals surface area contributed by atoms with E-state index >= 15 is 0 Å². The first kappa shape index (κ1) is 13.0. The van der Waals surface area contributed by atoms with Gasteiger partial charge in [-0.05, 0) is 12.6 Å². The van der Waals surface area contributed by atoms with E-state index < -0.39 is 0 Å². The highest BCUT2D eigenvalue weighted by Crippen LogP contribution is 2.45. The van der Waals surface area contributed by atoms with Gasteiger partial charge in [-0.3, -0.25) is 4.79 Å². The number of ether oxygens (including phenoxy) is 3. The molecular weight excluding hydrogens is 258 g/mol. The summed E-state index contributed by atoms with van der Waals surface area (Å²) < 4.78 is 16.0. The molecule has 0 aromatic heterocycles. The van der Waals surface area contributed by atoms with Crippen LogP contribution in [0.15, 0.2) is 6.07 Å². The molecule has 0 aliphatic carbocycles. The lowest BCUT2D eigenvalue weighted by molar-refractivity contribution is 0.0981. The Morgan fingerprint density at radius 3 is 2.89 bits per heavy atom. The third-order valence-corrected chi connectivity index (χ3v) is 2.95. The van der Waals surface area contributed by atoms with Crippen molar-refractivity contribution in [2.75, 3.05) is 26.9 Å². The second kappa shape index (κ2) is 5.46. The van der Waals surface area contributed by atoms with Crippen LogP contribution in [0.3, 0.4) is 0 Å². The highest BCUT2D eigenvalue weighted by Gasteiger charge is 2.25. The Hall–Kier alpha value is -1.46. The van der Waals surface area contributed by atoms with Gasteiger partial charge in [0.05, 0.1) is 12.7 Å². The number of carbonyl (C=O) groups is 1. The number of halogens is 1. The number of hydrogen-bond donors (Lipinski definition) is 1. The molecule has 98 valence electrons. The lowest BCUT2D eigenvalue weighted by atomic mass is 10.1. The maximum absolute atomic E-state index is 11.9. The van der Waals surface area contributed by atoms with Gasteiger partial charge in [-0.2, -0.15) is 0 Å². The van der Waals surface area contributed by atoms with Crippen LogP contribution in [-0.2, 0) is 0 Å². The highest BCUT2D eigenvalue weighted by atomic mass is 35.5. The summed E-state index contributed by atoms with van der Waals surface area (Å²) in [7, 11) is 1.45. The number of hydrogen-bond acceptors (Lipinski definition) is 5. The quantitative estimate of drug-likeness (QED) is 0.843. The maximum Gasteiger partial charge on any atom is 0.183 e. The van der Waals surface area contributed by atoms with Gasteiger partial charge in [0, 0.05) is 6.42 Å². The van der Waals surface area contributed by atoms with Crippen molar-refractivity contribution in [2.24, 2.45) is 5.73 Å². The molecule has 1 aromatic carbocycles. The minimum absolute atomic E-state index is 0.131. The summed E-state index contributed by atoms with van der Waals surface area (Å²) >= 11 is 6.16. The van der Waals surface area contributed by atoms with Gasteiger partial charge < -0.3 is 19.9 Å². The van der Waals surface area contributed by atoms with Crippen molar-refractivity contribution in [3.63, 3.8) is 0 Å². The van der Waals surface area contributed by atoms with Gasteiger partial charge in [0.25, 0.3) is 0 Å². The van der Waals surface area contributed by atoms with Crippen LogP contribution < -0.4 is 19.9 Å². The van der Waals surface area contributed by atoms with Gasteiger partial charge >= 0.3 is 0 Å². The number of benzene rings is 1. The first-order chi connectivity index (χ1) is 8.69. The van der Waals surface area contributed by atoms with Crippen LogP contribution in [0, 0.1) is 0 Å². The van der Waals surface area contributed by atoms with Crippen LogP contribution in [0.4, 0.5) is 0 Å². The van der Waals surface area contributed by atoms with E-state index in [0.29, 0.717) is 36.0 Å². The molecule has 0 bridgehead atoms. The predicted octanol–water partition coefficient (Wildman–Crippen LogP) is 1.65. The topological polar surface area (TPSA) is 70.8 Å². The summed E-state index contributed by atoms with van der Waals surface area (Å²) in [6.45, 7) is 1.13. The molecule has 0 saturated heterocycles. The molecule has 0 amide bonds. The molecule has 0 unspecified atom stereocenters. The third kappa shape index (κ3) is 2.23. The van der Waals surface area contributed by atoms with Crippen molar-refractivity contribution in [1.82, 2.24) is 0 Å². The van der Waals surface area contributed by atoms with E-state index in [9.17, 15) is 4.79 Å². The van der Waals surface area contributed by atoms with Gasteiger partial charge in [-0.1, -0.05) is 11.6 Å². The number of Topliss-reactive ketones (excluding diaryl/α,β-unsaturated/α-hetero) is 1. The molecule has 0 saturated carbocycles. The van der Waals surface area contributed by atoms with Gasteiger partial charge in [0.1, 0.15) is 18.2 Å². The van der Waals surface area contributed by atoms with Crippen molar-refractivity contribution in [3.05, 3.63) is 16.7 Å². The Bertz CT molecular complexity index is 476. The van der Waals surface area contributed by atoms with Crippen molar-refractivity contribution < 1.29 is 19.0 Å². The largest absolute Gasteiger partial charge is 0.494 e. The Morgan fingerprint density at radius 1 is 1.50 bits per heavy atom. The molecule has 0 fully saturated rings. The molecule has 6 heteroatoms. The Kier molecular flexibility index (Phi) is 3.93. The summed E-state index contributed by atoms with van der Waals surface area (Å²) in [6, 6.07) is 1.59. The third-order valence-electron chi connectivity index (χ3n) is 2.61. The van der Waals surface area contributed by atoms with Crippen molar-refractivity contribution >= 4 is 17.4 Å². The molecule has 1 aliphatic rings. The molecule has 1 heterocycles. The fourth-order valence-corrected chi connectivity index (χ4v) is 2.13. The molecule has 18 heavy (non-hydrogen) atoms. The van der Waals surface area contributed by atoms with E-state index in [2.05, 4.69) is 0 Å². The number of ketones is 1. The standard InChI is InChI=1S/C12H14ClNO4/c1-16-11-7(8(15)2-3-14)6-9-12(10(11)13)18-5-4-17-9/h6H,2-5,14H2,1H3. The number of fused-ring (bicyclic) bond motifs is 1. The van der Waals surface area contributed by atoms with E-state index in [-0.39, 0.29) is 23.8 Å². The predicted molar refractivity (Wildman–Crippen MR) is 67.0 cm³/mol. The lowest BCUT2D eigenvalue weighted by Gasteiger charge is -2.22. The van der Waals surface area contributed by atoms with Crippen LogP contribution in [0.2, 0.25) is 5.02 Å². The van der Waals surface area contributed by atoms with Gasteiger partial charge in [-0.25, -0.2) is 0 Å². The summed E-state index contributed by atoms with van der Waals surface area (Å²) in [6.07, 6.45) is 0.229. The molecule has 1 aliphatic heterocycles. The average Bonchev–Trinajstić information content (AvgIpc) is 2.39. The molecule has 1 aromatic rings. The average molecular weight is 272 g/mol. The van der Waals surface area contributed by atoms with Crippen LogP contribution in [0.1, 0.15) is 16.8 Å². The van der Waals surface area contributed by atoms with E-state index in [1.807, 2.05) is 0 Å². The monoisotopic (exact) mass is 271 g/mol. The van der Waals surface area contributed by atoms with Crippen LogP contribution >= 0.6 is 11.6 Å². The molecule has 5 nitrogen and oxygen atoms in total. The van der Waals surface area contributed by atoms with Crippen LogP contribution in [-0.4, -0.2) is 32.7 Å². The first-order valence-corrected chi connectivity index (χ1v) is 5.96. The second-order valence-electron chi connectivity index (χ2n) is 3.76. The first-order valence-electron chi connectivity index (χ1n) is 5.58. The zero-order valence-electron chi connectivity index (χ0n) is 9.99. The highest BCUT2D eigenvalue weighted by molar-refractivity contribution is 6.34. The molecule has 2 N–H and O–H groups in total. The molecule has 2 rings (SSSR count). The Labute approximate surface area is 110 Å². The second-order valence-corrected chi connectivity index (χ2v) is 4.14. The normalized spacial score (nSPS) is 13.3.